The van der Waals surface area contributed by atoms with E-state index in [0.717, 1.165) is 42.8 Å². The van der Waals surface area contributed by atoms with E-state index in [4.69, 9.17) is 0 Å². The minimum Gasteiger partial charge on any atom is -0.368 e. The van der Waals surface area contributed by atoms with Crippen LogP contribution in [0.4, 0.5) is 10.5 Å². The number of rotatable bonds is 8. The van der Waals surface area contributed by atoms with E-state index < -0.39 is 11.6 Å². The van der Waals surface area contributed by atoms with Gasteiger partial charge in [0, 0.05) is 50.7 Å². The number of carbonyl (C=O) groups is 3. The lowest BCUT2D eigenvalue weighted by Gasteiger charge is -2.37. The summed E-state index contributed by atoms with van der Waals surface area (Å²) in [5.41, 5.74) is 2.39. The van der Waals surface area contributed by atoms with E-state index >= 15 is 0 Å². The monoisotopic (exact) mass is 449 g/mol. The van der Waals surface area contributed by atoms with Crippen LogP contribution < -0.4 is 15.5 Å². The molecule has 1 aromatic carbocycles. The molecule has 8 heteroatoms. The number of urea groups is 1. The SMILES string of the molecule is C=CC=N/C=C(\C)c1cccc(N2CCN(C(=O)CCC3(C4CC4)NC(=O)NC3=O)CC2)c1. The molecule has 4 amide bonds. The summed E-state index contributed by atoms with van der Waals surface area (Å²) >= 11 is 0. The third-order valence-corrected chi connectivity index (χ3v) is 6.73. The fourth-order valence-corrected chi connectivity index (χ4v) is 4.66. The number of carbonyl (C=O) groups excluding carboxylic acids is 3. The fourth-order valence-electron chi connectivity index (χ4n) is 4.66. The van der Waals surface area contributed by atoms with Crippen molar-refractivity contribution in [2.75, 3.05) is 31.1 Å². The minimum absolute atomic E-state index is 0.0382. The highest BCUT2D eigenvalue weighted by atomic mass is 16.2. The van der Waals surface area contributed by atoms with Crippen LogP contribution in [0.1, 0.15) is 38.2 Å². The topological polar surface area (TPSA) is 94.1 Å². The van der Waals surface area contributed by atoms with Crippen molar-refractivity contribution in [3.63, 3.8) is 0 Å². The Balaban J connectivity index is 1.32. The second-order valence-electron chi connectivity index (χ2n) is 8.92. The first kappa shape index (κ1) is 22.8. The largest absolute Gasteiger partial charge is 0.368 e. The van der Waals surface area contributed by atoms with Gasteiger partial charge in [0.15, 0.2) is 0 Å². The van der Waals surface area contributed by atoms with Crippen molar-refractivity contribution in [3.8, 4) is 0 Å². The second-order valence-corrected chi connectivity index (χ2v) is 8.92. The standard InChI is InChI=1S/C25H31N5O3/c1-3-11-26-17-18(2)19-5-4-6-21(16-19)29-12-14-30(15-13-29)22(31)9-10-25(20-7-8-20)23(32)27-24(33)28-25/h3-6,11,16-17,20H,1,7-10,12-15H2,2H3,(H2,27,28,32,33)/b18-17+,26-11?. The van der Waals surface area contributed by atoms with E-state index in [1.54, 1.807) is 12.3 Å². The van der Waals surface area contributed by atoms with E-state index in [1.807, 2.05) is 24.1 Å². The van der Waals surface area contributed by atoms with Gasteiger partial charge in [0.2, 0.25) is 5.91 Å². The predicted molar refractivity (Wildman–Crippen MR) is 129 cm³/mol. The molecule has 0 spiro atoms. The highest BCUT2D eigenvalue weighted by Crippen LogP contribution is 2.43. The molecule has 1 unspecified atom stereocenters. The maximum Gasteiger partial charge on any atom is 0.322 e. The van der Waals surface area contributed by atoms with E-state index in [2.05, 4.69) is 45.3 Å². The number of anilines is 1. The van der Waals surface area contributed by atoms with Gasteiger partial charge in [-0.3, -0.25) is 19.9 Å². The van der Waals surface area contributed by atoms with Crippen LogP contribution in [-0.2, 0) is 9.59 Å². The van der Waals surface area contributed by atoms with Crippen molar-refractivity contribution in [2.24, 2.45) is 10.9 Å². The number of hydrogen-bond acceptors (Lipinski definition) is 5. The zero-order valence-electron chi connectivity index (χ0n) is 19.0. The summed E-state index contributed by atoms with van der Waals surface area (Å²) in [6, 6.07) is 7.88. The van der Waals surface area contributed by atoms with Crippen LogP contribution in [0, 0.1) is 5.92 Å². The molecular weight excluding hydrogens is 418 g/mol. The summed E-state index contributed by atoms with van der Waals surface area (Å²) in [5.74, 6) is -0.107. The number of nitrogens with zero attached hydrogens (tertiary/aromatic N) is 3. The zero-order valence-corrected chi connectivity index (χ0v) is 19.0. The molecule has 1 saturated carbocycles. The molecule has 4 rings (SSSR count). The molecule has 8 nitrogen and oxygen atoms in total. The molecule has 2 N–H and O–H groups in total. The second kappa shape index (κ2) is 9.60. The lowest BCUT2D eigenvalue weighted by molar-refractivity contribution is -0.132. The van der Waals surface area contributed by atoms with Crippen LogP contribution >= 0.6 is 0 Å². The van der Waals surface area contributed by atoms with Crippen LogP contribution in [0.25, 0.3) is 5.57 Å². The molecule has 0 radical (unpaired) electrons. The van der Waals surface area contributed by atoms with Gasteiger partial charge in [-0.1, -0.05) is 24.8 Å². The summed E-state index contributed by atoms with van der Waals surface area (Å²) in [5, 5.41) is 5.15. The highest BCUT2D eigenvalue weighted by molar-refractivity contribution is 6.07. The molecule has 2 aliphatic heterocycles. The molecule has 0 aromatic heterocycles. The average molecular weight is 450 g/mol. The molecule has 3 aliphatic rings. The van der Waals surface area contributed by atoms with Crippen molar-refractivity contribution in [1.82, 2.24) is 15.5 Å². The molecular formula is C25H31N5O3. The minimum atomic E-state index is -0.907. The first-order valence-corrected chi connectivity index (χ1v) is 11.5. The Bertz CT molecular complexity index is 1010. The number of piperazine rings is 1. The molecule has 1 aliphatic carbocycles. The van der Waals surface area contributed by atoms with Gasteiger partial charge in [-0.2, -0.15) is 0 Å². The first-order chi connectivity index (χ1) is 15.9. The van der Waals surface area contributed by atoms with Gasteiger partial charge in [-0.25, -0.2) is 4.79 Å². The molecule has 174 valence electrons. The number of aliphatic imine (C=N–C) groups is 1. The maximum absolute atomic E-state index is 12.9. The summed E-state index contributed by atoms with van der Waals surface area (Å²) in [4.78, 5) is 45.3. The van der Waals surface area contributed by atoms with Gasteiger partial charge in [0.25, 0.3) is 5.91 Å². The van der Waals surface area contributed by atoms with E-state index in [9.17, 15) is 14.4 Å². The molecule has 1 atom stereocenters. The van der Waals surface area contributed by atoms with Crippen molar-refractivity contribution >= 4 is 35.3 Å². The lowest BCUT2D eigenvalue weighted by Crippen LogP contribution is -2.51. The van der Waals surface area contributed by atoms with Crippen molar-refractivity contribution in [3.05, 3.63) is 48.7 Å². The van der Waals surface area contributed by atoms with E-state index in [-0.39, 0.29) is 24.2 Å². The molecule has 1 aromatic rings. The van der Waals surface area contributed by atoms with Crippen LogP contribution in [0.5, 0.6) is 0 Å². The Morgan fingerprint density at radius 1 is 1.24 bits per heavy atom. The van der Waals surface area contributed by atoms with Crippen LogP contribution in [0.3, 0.4) is 0 Å². The number of amides is 4. The lowest BCUT2D eigenvalue weighted by atomic mass is 9.87. The summed E-state index contributed by atoms with van der Waals surface area (Å²) in [6.07, 6.45) is 7.56. The van der Waals surface area contributed by atoms with Crippen molar-refractivity contribution in [1.29, 1.82) is 0 Å². The summed E-state index contributed by atoms with van der Waals surface area (Å²) < 4.78 is 0. The normalized spacial score (nSPS) is 23.6. The van der Waals surface area contributed by atoms with E-state index in [1.165, 1.54) is 0 Å². The van der Waals surface area contributed by atoms with Crippen LogP contribution in [0.15, 0.2) is 48.1 Å². The van der Waals surface area contributed by atoms with Gasteiger partial charge >= 0.3 is 6.03 Å². The number of allylic oxidation sites excluding steroid dienone is 2. The van der Waals surface area contributed by atoms with Crippen molar-refractivity contribution in [2.45, 2.75) is 38.1 Å². The summed E-state index contributed by atoms with van der Waals surface area (Å²) in [7, 11) is 0. The Labute approximate surface area is 194 Å². The van der Waals surface area contributed by atoms with Gasteiger partial charge in [0.1, 0.15) is 5.54 Å². The van der Waals surface area contributed by atoms with Gasteiger partial charge in [0.05, 0.1) is 0 Å². The highest BCUT2D eigenvalue weighted by Gasteiger charge is 2.55. The first-order valence-electron chi connectivity index (χ1n) is 11.5. The van der Waals surface area contributed by atoms with Gasteiger partial charge < -0.3 is 15.1 Å². The molecule has 2 heterocycles. The number of imide groups is 1. The summed E-state index contributed by atoms with van der Waals surface area (Å²) in [6.45, 7) is 8.42. The maximum atomic E-state index is 12.9. The van der Waals surface area contributed by atoms with Gasteiger partial charge in [-0.05, 0) is 55.4 Å². The van der Waals surface area contributed by atoms with E-state index in [0.29, 0.717) is 19.5 Å². The molecule has 3 fully saturated rings. The molecule has 2 saturated heterocycles. The van der Waals surface area contributed by atoms with Crippen molar-refractivity contribution < 1.29 is 14.4 Å². The predicted octanol–water partition coefficient (Wildman–Crippen LogP) is 2.72. The number of benzene rings is 1. The zero-order chi connectivity index (χ0) is 23.4. The van der Waals surface area contributed by atoms with Crippen LogP contribution in [0.2, 0.25) is 0 Å². The fraction of sp³-hybridized carbons (Fsp3) is 0.440. The number of nitrogens with one attached hydrogen (secondary N) is 2. The Morgan fingerprint density at radius 3 is 2.64 bits per heavy atom. The third kappa shape index (κ3) is 4.99. The molecule has 0 bridgehead atoms. The Hall–Kier alpha value is -3.42. The third-order valence-electron chi connectivity index (χ3n) is 6.73. The smallest absolute Gasteiger partial charge is 0.322 e. The van der Waals surface area contributed by atoms with Gasteiger partial charge in [-0.15, -0.1) is 0 Å². The number of hydrogen-bond donors (Lipinski definition) is 2. The Morgan fingerprint density at radius 2 is 2.00 bits per heavy atom. The Kier molecular flexibility index (Phi) is 6.62. The quantitative estimate of drug-likeness (QED) is 0.471. The molecule has 33 heavy (non-hydrogen) atoms. The van der Waals surface area contributed by atoms with Crippen LogP contribution in [-0.4, -0.2) is 60.7 Å². The average Bonchev–Trinajstić information content (AvgIpc) is 3.63.